The molecule has 6 unspecified atom stereocenters. The van der Waals surface area contributed by atoms with Crippen molar-refractivity contribution in [3.63, 3.8) is 0 Å². The Labute approximate surface area is 203 Å². The van der Waals surface area contributed by atoms with Crippen LogP contribution in [-0.4, -0.2) is 40.8 Å². The monoisotopic (exact) mass is 475 g/mol. The maximum atomic E-state index is 12.1. The van der Waals surface area contributed by atoms with Gasteiger partial charge in [-0.05, 0) is 62.2 Å². The molecule has 7 aliphatic rings. The number of hydrogen-bond acceptors (Lipinski definition) is 6. The Hall–Kier alpha value is -1.28. The molecule has 1 heterocycles. The molecule has 2 amide bonds. The molecule has 7 heteroatoms. The van der Waals surface area contributed by atoms with Crippen molar-refractivity contribution in [3.05, 3.63) is 12.2 Å². The third kappa shape index (κ3) is 3.30. The fourth-order valence-electron chi connectivity index (χ4n) is 7.89. The fourth-order valence-corrected chi connectivity index (χ4v) is 7.89. The van der Waals surface area contributed by atoms with Crippen molar-refractivity contribution in [2.45, 2.75) is 104 Å². The Morgan fingerprint density at radius 3 is 1.65 bits per heavy atom. The first-order valence-electron chi connectivity index (χ1n) is 13.2. The molecule has 34 heavy (non-hydrogen) atoms. The number of imide groups is 1. The Balaban J connectivity index is 1.28. The van der Waals surface area contributed by atoms with Gasteiger partial charge in [-0.2, -0.15) is 0 Å². The molecule has 6 saturated carbocycles. The van der Waals surface area contributed by atoms with Crippen LogP contribution in [0.4, 0.5) is 0 Å². The van der Waals surface area contributed by atoms with Crippen LogP contribution in [0.1, 0.15) is 86.5 Å². The molecule has 7 nitrogen and oxygen atoms in total. The average molecular weight is 476 g/mol. The summed E-state index contributed by atoms with van der Waals surface area (Å²) in [6.07, 6.45) is 8.71. The molecule has 0 aromatic heterocycles. The molecule has 7 rings (SSSR count). The third-order valence-electron chi connectivity index (χ3n) is 10.9. The van der Waals surface area contributed by atoms with E-state index in [2.05, 4.69) is 41.5 Å². The van der Waals surface area contributed by atoms with Crippen LogP contribution in [-0.2, 0) is 29.1 Å². The summed E-state index contributed by atoms with van der Waals surface area (Å²) in [6, 6.07) is 0. The molecule has 1 aliphatic heterocycles. The normalized spacial score (nSPS) is 42.4. The standard InChI is InChI=1S/C27H41NO6/c1-17-7-9-19-15-26(17,24(19,3)4)33-31-23(13-14-28-21(29)11-12-22(28)30)32-34-27-16-20(25(27,5)6)10-8-18(27)2/h11-12,17-20,23H,7-10,13-16H2,1-6H3. The number of rotatable bonds is 9. The van der Waals surface area contributed by atoms with Gasteiger partial charge in [0.25, 0.3) is 11.8 Å². The summed E-state index contributed by atoms with van der Waals surface area (Å²) in [5, 5.41) is 0. The smallest absolute Gasteiger partial charge is 0.253 e. The minimum atomic E-state index is -0.835. The predicted octanol–water partition coefficient (Wildman–Crippen LogP) is 4.95. The molecule has 0 radical (unpaired) electrons. The van der Waals surface area contributed by atoms with Crippen molar-refractivity contribution in [2.75, 3.05) is 6.54 Å². The first kappa shape index (κ1) is 24.4. The molecule has 0 aromatic rings. The van der Waals surface area contributed by atoms with Crippen molar-refractivity contribution in [2.24, 2.45) is 34.5 Å². The van der Waals surface area contributed by atoms with Crippen LogP contribution in [0.15, 0.2) is 12.2 Å². The van der Waals surface area contributed by atoms with Crippen molar-refractivity contribution in [3.8, 4) is 0 Å². The molecule has 0 aromatic carbocycles. The van der Waals surface area contributed by atoms with Gasteiger partial charge < -0.3 is 0 Å². The first-order valence-corrected chi connectivity index (χ1v) is 13.2. The lowest BCUT2D eigenvalue weighted by Crippen LogP contribution is -2.69. The van der Waals surface area contributed by atoms with E-state index in [-0.39, 0.29) is 46.8 Å². The lowest BCUT2D eigenvalue weighted by atomic mass is 9.43. The summed E-state index contributed by atoms with van der Waals surface area (Å²) in [5.74, 6) is 1.42. The number of carbonyl (C=O) groups is 2. The molecule has 6 fully saturated rings. The average Bonchev–Trinajstić information content (AvgIpc) is 3.11. The Morgan fingerprint density at radius 1 is 0.824 bits per heavy atom. The number of hydrogen-bond donors (Lipinski definition) is 0. The highest BCUT2D eigenvalue weighted by Gasteiger charge is 2.68. The van der Waals surface area contributed by atoms with Gasteiger partial charge in [0, 0.05) is 35.9 Å². The molecular weight excluding hydrogens is 434 g/mol. The van der Waals surface area contributed by atoms with Gasteiger partial charge >= 0.3 is 0 Å². The topological polar surface area (TPSA) is 74.3 Å². The van der Waals surface area contributed by atoms with E-state index >= 15 is 0 Å². The fraction of sp³-hybridized carbons (Fsp3) is 0.852. The second-order valence-electron chi connectivity index (χ2n) is 12.7. The second-order valence-corrected chi connectivity index (χ2v) is 12.7. The Kier molecular flexibility index (Phi) is 5.83. The zero-order chi connectivity index (χ0) is 24.5. The van der Waals surface area contributed by atoms with Gasteiger partial charge in [-0.15, -0.1) is 0 Å². The van der Waals surface area contributed by atoms with Crippen LogP contribution in [0, 0.1) is 34.5 Å². The summed E-state index contributed by atoms with van der Waals surface area (Å²) in [5.41, 5.74) is -0.646. The zero-order valence-corrected chi connectivity index (χ0v) is 21.6. The summed E-state index contributed by atoms with van der Waals surface area (Å²) in [4.78, 5) is 49.8. The van der Waals surface area contributed by atoms with E-state index in [1.54, 1.807) is 0 Å². The van der Waals surface area contributed by atoms with Crippen LogP contribution in [0.25, 0.3) is 0 Å². The number of amides is 2. The zero-order valence-electron chi connectivity index (χ0n) is 21.6. The molecule has 190 valence electrons. The van der Waals surface area contributed by atoms with Gasteiger partial charge in [-0.3, -0.25) is 14.5 Å². The maximum Gasteiger partial charge on any atom is 0.253 e. The maximum absolute atomic E-state index is 12.1. The highest BCUT2D eigenvalue weighted by atomic mass is 17.3. The summed E-state index contributed by atoms with van der Waals surface area (Å²) in [7, 11) is 0. The number of nitrogens with zero attached hydrogens (tertiary/aromatic N) is 1. The molecule has 6 atom stereocenters. The summed E-state index contributed by atoms with van der Waals surface area (Å²) in [6.45, 7) is 13.7. The van der Waals surface area contributed by atoms with Gasteiger partial charge in [0.15, 0.2) is 0 Å². The van der Waals surface area contributed by atoms with E-state index in [1.807, 2.05) is 0 Å². The van der Waals surface area contributed by atoms with E-state index in [0.717, 1.165) is 25.7 Å². The van der Waals surface area contributed by atoms with E-state index < -0.39 is 6.29 Å². The summed E-state index contributed by atoms with van der Waals surface area (Å²) >= 11 is 0. The van der Waals surface area contributed by atoms with Crippen LogP contribution in [0.2, 0.25) is 0 Å². The lowest BCUT2D eigenvalue weighted by molar-refractivity contribution is -0.548. The minimum absolute atomic E-state index is 0.0284. The SMILES string of the molecule is CC1CCC2CC1(OOC(CCN1C(=O)C=CC1=O)OOC13CC(CCC1C)C3(C)C)C2(C)C. The highest BCUT2D eigenvalue weighted by Crippen LogP contribution is 2.67. The highest BCUT2D eigenvalue weighted by molar-refractivity contribution is 6.12. The number of carbonyl (C=O) groups excluding carboxylic acids is 2. The third-order valence-corrected chi connectivity index (χ3v) is 10.9. The van der Waals surface area contributed by atoms with Crippen molar-refractivity contribution in [1.82, 2.24) is 4.90 Å². The van der Waals surface area contributed by atoms with Crippen LogP contribution < -0.4 is 0 Å². The number of fused-ring (bicyclic) bond motifs is 4. The Bertz CT molecular complexity index is 816. The van der Waals surface area contributed by atoms with Crippen molar-refractivity contribution < 1.29 is 29.1 Å². The molecule has 4 bridgehead atoms. The van der Waals surface area contributed by atoms with Crippen LogP contribution >= 0.6 is 0 Å². The molecule has 6 aliphatic carbocycles. The van der Waals surface area contributed by atoms with E-state index in [0.29, 0.717) is 23.7 Å². The van der Waals surface area contributed by atoms with Crippen molar-refractivity contribution in [1.29, 1.82) is 0 Å². The summed E-state index contributed by atoms with van der Waals surface area (Å²) < 4.78 is 0. The van der Waals surface area contributed by atoms with Gasteiger partial charge in [0.1, 0.15) is 11.2 Å². The van der Waals surface area contributed by atoms with Crippen LogP contribution in [0.3, 0.4) is 0 Å². The second kappa shape index (κ2) is 8.12. The predicted molar refractivity (Wildman–Crippen MR) is 125 cm³/mol. The largest absolute Gasteiger partial charge is 0.275 e. The van der Waals surface area contributed by atoms with E-state index in [1.165, 1.54) is 29.9 Å². The van der Waals surface area contributed by atoms with E-state index in [4.69, 9.17) is 19.6 Å². The van der Waals surface area contributed by atoms with E-state index in [9.17, 15) is 9.59 Å². The lowest BCUT2D eigenvalue weighted by Gasteiger charge is -2.67. The molecular formula is C27H41NO6. The molecule has 0 spiro atoms. The minimum Gasteiger partial charge on any atom is -0.275 e. The van der Waals surface area contributed by atoms with Gasteiger partial charge in [-0.1, -0.05) is 41.5 Å². The van der Waals surface area contributed by atoms with Gasteiger partial charge in [-0.25, -0.2) is 19.6 Å². The quantitative estimate of drug-likeness (QED) is 0.203. The molecule has 0 saturated heterocycles. The van der Waals surface area contributed by atoms with Gasteiger partial charge in [0.05, 0.1) is 0 Å². The van der Waals surface area contributed by atoms with Crippen LogP contribution in [0.5, 0.6) is 0 Å². The first-order chi connectivity index (χ1) is 15.9. The van der Waals surface area contributed by atoms with Crippen molar-refractivity contribution >= 4 is 11.8 Å². The molecule has 0 N–H and O–H groups in total. The van der Waals surface area contributed by atoms with Gasteiger partial charge in [0.2, 0.25) is 6.29 Å². The Morgan fingerprint density at radius 2 is 1.26 bits per heavy atom.